The molecule has 6 nitrogen and oxygen atoms in total. The van der Waals surface area contributed by atoms with Crippen molar-refractivity contribution in [3.05, 3.63) is 110 Å². The molecule has 0 radical (unpaired) electrons. The summed E-state index contributed by atoms with van der Waals surface area (Å²) in [6, 6.07) is 21.9. The van der Waals surface area contributed by atoms with Crippen LogP contribution in [0.15, 0.2) is 96.6 Å². The van der Waals surface area contributed by atoms with E-state index in [1.54, 1.807) is 60.2 Å². The molecule has 1 aliphatic rings. The van der Waals surface area contributed by atoms with Gasteiger partial charge in [0.15, 0.2) is 11.3 Å². The summed E-state index contributed by atoms with van der Waals surface area (Å²) >= 11 is 7.11. The number of aryl methyl sites for hydroxylation is 2. The van der Waals surface area contributed by atoms with E-state index in [0.29, 0.717) is 45.5 Å². The Hall–Kier alpha value is -3.94. The predicted molar refractivity (Wildman–Crippen MR) is 145 cm³/mol. The third-order valence-electron chi connectivity index (χ3n) is 6.52. The number of aromatic hydroxyl groups is 1. The van der Waals surface area contributed by atoms with E-state index in [2.05, 4.69) is 0 Å². The van der Waals surface area contributed by atoms with Gasteiger partial charge in [-0.1, -0.05) is 53.7 Å². The zero-order valence-electron chi connectivity index (χ0n) is 19.7. The van der Waals surface area contributed by atoms with E-state index in [1.165, 1.54) is 0 Å². The summed E-state index contributed by atoms with van der Waals surface area (Å²) in [4.78, 5) is 27.8. The minimum atomic E-state index is -0.711. The summed E-state index contributed by atoms with van der Waals surface area (Å²) in [6.45, 7) is 0. The Kier molecular flexibility index (Phi) is 5.82. The Morgan fingerprint density at radius 2 is 1.78 bits per heavy atom. The Morgan fingerprint density at radius 1 is 1.00 bits per heavy atom. The number of hydrogen-bond acceptors (Lipinski definition) is 6. The van der Waals surface area contributed by atoms with Crippen molar-refractivity contribution in [3.8, 4) is 28.4 Å². The quantitative estimate of drug-likeness (QED) is 0.297. The second kappa shape index (κ2) is 9.18. The first kappa shape index (κ1) is 23.5. The SMILES string of the molecule is COc1ccc(-n2c3c(c4oc(=O)c(Sc5cccc(Cl)c5)c(O)c4c2=O)CCc2ccccc2-3)cc1. The van der Waals surface area contributed by atoms with Crippen LogP contribution in [-0.4, -0.2) is 16.8 Å². The van der Waals surface area contributed by atoms with Gasteiger partial charge >= 0.3 is 5.63 Å². The molecular weight excluding hydrogens is 510 g/mol. The fourth-order valence-corrected chi connectivity index (χ4v) is 5.98. The molecular formula is C29H20ClNO5S. The van der Waals surface area contributed by atoms with Crippen molar-refractivity contribution in [2.45, 2.75) is 22.6 Å². The van der Waals surface area contributed by atoms with Crippen molar-refractivity contribution in [1.29, 1.82) is 0 Å². The van der Waals surface area contributed by atoms with Crippen molar-refractivity contribution in [2.75, 3.05) is 7.11 Å². The smallest absolute Gasteiger partial charge is 0.354 e. The molecule has 0 bridgehead atoms. The number of aromatic nitrogens is 1. The van der Waals surface area contributed by atoms with E-state index in [0.717, 1.165) is 22.9 Å². The van der Waals surface area contributed by atoms with Crippen LogP contribution in [0.5, 0.6) is 11.5 Å². The Labute approximate surface area is 220 Å². The molecule has 0 saturated heterocycles. The van der Waals surface area contributed by atoms with Crippen LogP contribution < -0.4 is 15.9 Å². The molecule has 0 amide bonds. The predicted octanol–water partition coefficient (Wildman–Crippen LogP) is 6.23. The molecule has 3 aromatic carbocycles. The van der Waals surface area contributed by atoms with Gasteiger partial charge in [-0.05, 0) is 60.9 Å². The molecule has 37 heavy (non-hydrogen) atoms. The highest BCUT2D eigenvalue weighted by atomic mass is 35.5. The number of hydrogen-bond donors (Lipinski definition) is 1. The number of methoxy groups -OCH3 is 1. The van der Waals surface area contributed by atoms with Crippen LogP contribution in [0.3, 0.4) is 0 Å². The zero-order chi connectivity index (χ0) is 25.7. The molecule has 1 aliphatic carbocycles. The molecule has 0 atom stereocenters. The van der Waals surface area contributed by atoms with Gasteiger partial charge in [-0.25, -0.2) is 4.79 Å². The fourth-order valence-electron chi connectivity index (χ4n) is 4.83. The molecule has 0 spiro atoms. The Morgan fingerprint density at radius 3 is 2.54 bits per heavy atom. The van der Waals surface area contributed by atoms with Gasteiger partial charge in [-0.15, -0.1) is 0 Å². The molecule has 2 aromatic heterocycles. The van der Waals surface area contributed by atoms with Crippen molar-refractivity contribution in [2.24, 2.45) is 0 Å². The van der Waals surface area contributed by atoms with Crippen LogP contribution in [-0.2, 0) is 12.8 Å². The Balaban J connectivity index is 1.69. The van der Waals surface area contributed by atoms with Crippen molar-refractivity contribution in [1.82, 2.24) is 4.57 Å². The minimum Gasteiger partial charge on any atom is -0.505 e. The van der Waals surface area contributed by atoms with E-state index in [4.69, 9.17) is 20.8 Å². The Bertz CT molecular complexity index is 1810. The fraction of sp³-hybridized carbons (Fsp3) is 0.103. The van der Waals surface area contributed by atoms with Gasteiger partial charge in [0, 0.05) is 26.7 Å². The number of ether oxygens (including phenoxy) is 1. The van der Waals surface area contributed by atoms with Gasteiger partial charge < -0.3 is 14.3 Å². The number of benzene rings is 3. The van der Waals surface area contributed by atoms with Gasteiger partial charge in [0.1, 0.15) is 16.0 Å². The first-order chi connectivity index (χ1) is 18.0. The lowest BCUT2D eigenvalue weighted by atomic mass is 9.87. The average Bonchev–Trinajstić information content (AvgIpc) is 2.91. The van der Waals surface area contributed by atoms with Crippen LogP contribution in [0.4, 0.5) is 0 Å². The summed E-state index contributed by atoms with van der Waals surface area (Å²) < 4.78 is 12.7. The van der Waals surface area contributed by atoms with E-state index in [9.17, 15) is 14.7 Å². The first-order valence-corrected chi connectivity index (χ1v) is 12.8. The molecule has 0 saturated carbocycles. The maximum atomic E-state index is 14.1. The number of nitrogens with zero attached hydrogens (tertiary/aromatic N) is 1. The molecule has 1 N–H and O–H groups in total. The molecule has 0 unspecified atom stereocenters. The first-order valence-electron chi connectivity index (χ1n) is 11.6. The van der Waals surface area contributed by atoms with Crippen LogP contribution in [0.25, 0.3) is 27.9 Å². The lowest BCUT2D eigenvalue weighted by molar-refractivity contribution is 0.414. The largest absolute Gasteiger partial charge is 0.505 e. The van der Waals surface area contributed by atoms with E-state index in [-0.39, 0.29) is 15.9 Å². The highest BCUT2D eigenvalue weighted by molar-refractivity contribution is 7.99. The summed E-state index contributed by atoms with van der Waals surface area (Å²) in [7, 11) is 1.58. The second-order valence-electron chi connectivity index (χ2n) is 8.65. The summed E-state index contributed by atoms with van der Waals surface area (Å²) in [6.07, 6.45) is 1.25. The van der Waals surface area contributed by atoms with Crippen LogP contribution in [0, 0.1) is 0 Å². The van der Waals surface area contributed by atoms with Crippen LogP contribution in [0.2, 0.25) is 5.02 Å². The van der Waals surface area contributed by atoms with Gasteiger partial charge in [-0.3, -0.25) is 9.36 Å². The average molecular weight is 530 g/mol. The molecule has 184 valence electrons. The van der Waals surface area contributed by atoms with E-state index < -0.39 is 16.9 Å². The summed E-state index contributed by atoms with van der Waals surface area (Å²) in [5, 5.41) is 11.8. The third-order valence-corrected chi connectivity index (χ3v) is 7.81. The third kappa shape index (κ3) is 3.91. The van der Waals surface area contributed by atoms with E-state index in [1.807, 2.05) is 24.3 Å². The topological polar surface area (TPSA) is 81.7 Å². The number of rotatable bonds is 4. The molecule has 0 fully saturated rings. The van der Waals surface area contributed by atoms with Crippen LogP contribution in [0.1, 0.15) is 11.1 Å². The summed E-state index contributed by atoms with van der Waals surface area (Å²) in [5.41, 5.74) is 2.88. The second-order valence-corrected chi connectivity index (χ2v) is 10.2. The molecule has 5 aromatic rings. The molecule has 0 aliphatic heterocycles. The van der Waals surface area contributed by atoms with Gasteiger partial charge in [-0.2, -0.15) is 0 Å². The van der Waals surface area contributed by atoms with Crippen molar-refractivity contribution >= 4 is 34.3 Å². The number of fused-ring (bicyclic) bond motifs is 5. The van der Waals surface area contributed by atoms with Gasteiger partial charge in [0.05, 0.1) is 12.8 Å². The highest BCUT2D eigenvalue weighted by Gasteiger charge is 2.29. The molecule has 8 heteroatoms. The number of pyridine rings is 1. The van der Waals surface area contributed by atoms with Crippen molar-refractivity contribution in [3.63, 3.8) is 0 Å². The lowest BCUT2D eigenvalue weighted by Crippen LogP contribution is -2.25. The molecule has 2 heterocycles. The molecule has 6 rings (SSSR count). The van der Waals surface area contributed by atoms with E-state index >= 15 is 0 Å². The zero-order valence-corrected chi connectivity index (χ0v) is 21.2. The summed E-state index contributed by atoms with van der Waals surface area (Å²) in [5.74, 6) is 0.256. The monoisotopic (exact) mass is 529 g/mol. The maximum Gasteiger partial charge on any atom is 0.354 e. The highest BCUT2D eigenvalue weighted by Crippen LogP contribution is 2.42. The van der Waals surface area contributed by atoms with Gasteiger partial charge in [0.2, 0.25) is 0 Å². The minimum absolute atomic E-state index is 0.0296. The lowest BCUT2D eigenvalue weighted by Gasteiger charge is -2.25. The number of halogens is 1. The van der Waals surface area contributed by atoms with Crippen molar-refractivity contribution < 1.29 is 14.3 Å². The standard InChI is InChI=1S/C29H20ClNO5S/c1-35-19-12-10-18(11-13-19)31-24-21-8-3-2-5-16(21)9-14-22(24)26-23(28(31)33)25(32)27(29(34)36-26)37-20-7-4-6-17(30)15-20/h2-8,10-13,15,32H,9,14H2,1H3. The van der Waals surface area contributed by atoms with Crippen LogP contribution >= 0.6 is 23.4 Å². The van der Waals surface area contributed by atoms with Gasteiger partial charge in [0.25, 0.3) is 5.56 Å². The normalized spacial score (nSPS) is 12.3. The maximum absolute atomic E-state index is 14.1.